The van der Waals surface area contributed by atoms with E-state index in [4.69, 9.17) is 0 Å². The number of hydrogen-bond donors (Lipinski definition) is 1. The van der Waals surface area contributed by atoms with Gasteiger partial charge < -0.3 is 5.32 Å². The highest BCUT2D eigenvalue weighted by Crippen LogP contribution is 2.27. The van der Waals surface area contributed by atoms with Gasteiger partial charge in [0.15, 0.2) is 9.84 Å². The van der Waals surface area contributed by atoms with Crippen LogP contribution in [0, 0.1) is 0 Å². The van der Waals surface area contributed by atoms with Gasteiger partial charge in [0.2, 0.25) is 0 Å². The van der Waals surface area contributed by atoms with Crippen LogP contribution in [0.25, 0.3) is 0 Å². The summed E-state index contributed by atoms with van der Waals surface area (Å²) >= 11 is 0. The molecule has 1 atom stereocenters. The SMILES string of the molecule is CCCCc1ncc(S(C)(=O)=O)c([C@H]2CCCNC2)n1. The predicted octanol–water partition coefficient (Wildman–Crippen LogP) is 1.69. The van der Waals surface area contributed by atoms with Crippen molar-refractivity contribution in [1.82, 2.24) is 15.3 Å². The van der Waals surface area contributed by atoms with Crippen LogP contribution < -0.4 is 5.32 Å². The molecule has 0 aliphatic carbocycles. The summed E-state index contributed by atoms with van der Waals surface area (Å²) < 4.78 is 23.8. The molecule has 2 rings (SSSR count). The molecule has 0 saturated carbocycles. The Hall–Kier alpha value is -1.01. The van der Waals surface area contributed by atoms with Crippen LogP contribution in [0.1, 0.15) is 50.0 Å². The van der Waals surface area contributed by atoms with Gasteiger partial charge in [0.1, 0.15) is 10.7 Å². The van der Waals surface area contributed by atoms with Crippen LogP contribution >= 0.6 is 0 Å². The number of nitrogens with one attached hydrogen (secondary N) is 1. The maximum absolute atomic E-state index is 11.9. The molecule has 1 N–H and O–H groups in total. The van der Waals surface area contributed by atoms with Gasteiger partial charge in [0.25, 0.3) is 0 Å². The van der Waals surface area contributed by atoms with Crippen molar-refractivity contribution in [3.05, 3.63) is 17.7 Å². The van der Waals surface area contributed by atoms with Gasteiger partial charge in [-0.25, -0.2) is 18.4 Å². The lowest BCUT2D eigenvalue weighted by atomic mass is 9.96. The fourth-order valence-electron chi connectivity index (χ4n) is 2.54. The Kier molecular flexibility index (Phi) is 5.10. The quantitative estimate of drug-likeness (QED) is 0.895. The summed E-state index contributed by atoms with van der Waals surface area (Å²) in [6.45, 7) is 3.92. The van der Waals surface area contributed by atoms with Crippen LogP contribution in [-0.4, -0.2) is 37.7 Å². The van der Waals surface area contributed by atoms with Crippen molar-refractivity contribution in [3.8, 4) is 0 Å². The fourth-order valence-corrected chi connectivity index (χ4v) is 3.38. The van der Waals surface area contributed by atoms with E-state index >= 15 is 0 Å². The van der Waals surface area contributed by atoms with Gasteiger partial charge in [0.05, 0.1) is 5.69 Å². The van der Waals surface area contributed by atoms with E-state index in [0.29, 0.717) is 10.6 Å². The molecule has 0 aromatic carbocycles. The smallest absolute Gasteiger partial charge is 0.178 e. The van der Waals surface area contributed by atoms with E-state index in [1.165, 1.54) is 12.5 Å². The molecule has 1 saturated heterocycles. The Morgan fingerprint density at radius 3 is 2.85 bits per heavy atom. The lowest BCUT2D eigenvalue weighted by Crippen LogP contribution is -2.30. The zero-order valence-corrected chi connectivity index (χ0v) is 13.0. The van der Waals surface area contributed by atoms with Gasteiger partial charge in [-0.3, -0.25) is 0 Å². The van der Waals surface area contributed by atoms with Crippen molar-refractivity contribution in [2.45, 2.75) is 49.8 Å². The Morgan fingerprint density at radius 2 is 2.25 bits per heavy atom. The summed E-state index contributed by atoms with van der Waals surface area (Å²) in [5, 5.41) is 3.32. The van der Waals surface area contributed by atoms with Gasteiger partial charge in [-0.1, -0.05) is 13.3 Å². The Labute approximate surface area is 121 Å². The summed E-state index contributed by atoms with van der Waals surface area (Å²) in [6, 6.07) is 0. The lowest BCUT2D eigenvalue weighted by molar-refractivity contribution is 0.446. The number of sulfone groups is 1. The van der Waals surface area contributed by atoms with Gasteiger partial charge in [-0.2, -0.15) is 0 Å². The maximum atomic E-state index is 11.9. The fraction of sp³-hybridized carbons (Fsp3) is 0.714. The minimum absolute atomic E-state index is 0.178. The predicted molar refractivity (Wildman–Crippen MR) is 78.6 cm³/mol. The van der Waals surface area contributed by atoms with E-state index in [2.05, 4.69) is 22.2 Å². The minimum Gasteiger partial charge on any atom is -0.316 e. The van der Waals surface area contributed by atoms with Crippen molar-refractivity contribution < 1.29 is 8.42 Å². The highest BCUT2D eigenvalue weighted by atomic mass is 32.2. The molecule has 1 fully saturated rings. The molecule has 1 aromatic heterocycles. The van der Waals surface area contributed by atoms with Crippen molar-refractivity contribution in [2.75, 3.05) is 19.3 Å². The van der Waals surface area contributed by atoms with Gasteiger partial charge in [-0.15, -0.1) is 0 Å². The number of rotatable bonds is 5. The second-order valence-corrected chi connectivity index (χ2v) is 7.44. The molecule has 5 nitrogen and oxygen atoms in total. The Morgan fingerprint density at radius 1 is 1.45 bits per heavy atom. The molecule has 0 amide bonds. The maximum Gasteiger partial charge on any atom is 0.178 e. The summed E-state index contributed by atoms with van der Waals surface area (Å²) in [4.78, 5) is 9.10. The first-order valence-electron chi connectivity index (χ1n) is 7.29. The van der Waals surface area contributed by atoms with Crippen LogP contribution in [0.5, 0.6) is 0 Å². The van der Waals surface area contributed by atoms with E-state index in [-0.39, 0.29) is 5.92 Å². The summed E-state index contributed by atoms with van der Waals surface area (Å²) in [5.41, 5.74) is 0.709. The molecule has 20 heavy (non-hydrogen) atoms. The third-order valence-corrected chi connectivity index (χ3v) is 4.78. The van der Waals surface area contributed by atoms with Crippen LogP contribution in [-0.2, 0) is 16.3 Å². The molecule has 1 aliphatic heterocycles. The number of aromatic nitrogens is 2. The third kappa shape index (κ3) is 3.76. The molecular weight excluding hydrogens is 274 g/mol. The first kappa shape index (κ1) is 15.4. The summed E-state index contributed by atoms with van der Waals surface area (Å²) in [7, 11) is -3.27. The van der Waals surface area contributed by atoms with E-state index in [9.17, 15) is 8.42 Å². The largest absolute Gasteiger partial charge is 0.316 e. The van der Waals surface area contributed by atoms with Crippen molar-refractivity contribution in [2.24, 2.45) is 0 Å². The number of piperidine rings is 1. The van der Waals surface area contributed by atoms with Crippen LogP contribution in [0.3, 0.4) is 0 Å². The molecule has 1 aliphatic rings. The highest BCUT2D eigenvalue weighted by Gasteiger charge is 2.25. The van der Waals surface area contributed by atoms with Gasteiger partial charge in [0, 0.05) is 31.3 Å². The molecule has 6 heteroatoms. The van der Waals surface area contributed by atoms with Gasteiger partial charge in [-0.05, 0) is 25.8 Å². The minimum atomic E-state index is -3.27. The number of aryl methyl sites for hydroxylation is 1. The highest BCUT2D eigenvalue weighted by molar-refractivity contribution is 7.90. The zero-order chi connectivity index (χ0) is 14.6. The third-order valence-electron chi connectivity index (χ3n) is 3.67. The lowest BCUT2D eigenvalue weighted by Gasteiger charge is -2.24. The average molecular weight is 297 g/mol. The van der Waals surface area contributed by atoms with E-state index < -0.39 is 9.84 Å². The second-order valence-electron chi connectivity index (χ2n) is 5.45. The standard InChI is InChI=1S/C14H23N3O2S/c1-3-4-7-13-16-10-12(20(2,18)19)14(17-13)11-6-5-8-15-9-11/h10-11,15H,3-9H2,1-2H3/t11-/m0/s1. The molecule has 0 bridgehead atoms. The molecular formula is C14H23N3O2S. The molecule has 0 radical (unpaired) electrons. The monoisotopic (exact) mass is 297 g/mol. The molecule has 112 valence electrons. The average Bonchev–Trinajstić information content (AvgIpc) is 2.44. The number of hydrogen-bond acceptors (Lipinski definition) is 5. The van der Waals surface area contributed by atoms with Crippen LogP contribution in [0.2, 0.25) is 0 Å². The van der Waals surface area contributed by atoms with Crippen molar-refractivity contribution in [1.29, 1.82) is 0 Å². The van der Waals surface area contributed by atoms with Crippen LogP contribution in [0.15, 0.2) is 11.1 Å². The number of nitrogens with zero attached hydrogens (tertiary/aromatic N) is 2. The zero-order valence-electron chi connectivity index (χ0n) is 12.2. The first-order chi connectivity index (χ1) is 9.52. The van der Waals surface area contributed by atoms with Crippen LogP contribution in [0.4, 0.5) is 0 Å². The second kappa shape index (κ2) is 6.63. The van der Waals surface area contributed by atoms with E-state index in [1.54, 1.807) is 0 Å². The van der Waals surface area contributed by atoms with Gasteiger partial charge >= 0.3 is 0 Å². The number of unbranched alkanes of at least 4 members (excludes halogenated alkanes) is 1. The molecule has 1 aromatic rings. The first-order valence-corrected chi connectivity index (χ1v) is 9.18. The van der Waals surface area contributed by atoms with E-state index in [1.807, 2.05) is 0 Å². The van der Waals surface area contributed by atoms with Crippen molar-refractivity contribution >= 4 is 9.84 Å². The summed E-state index contributed by atoms with van der Waals surface area (Å²) in [6.07, 6.45) is 7.70. The van der Waals surface area contributed by atoms with Crippen molar-refractivity contribution in [3.63, 3.8) is 0 Å². The molecule has 0 unspecified atom stereocenters. The topological polar surface area (TPSA) is 72.0 Å². The normalized spacial score (nSPS) is 20.0. The summed E-state index contributed by atoms with van der Waals surface area (Å²) in [5.74, 6) is 0.941. The van der Waals surface area contributed by atoms with E-state index in [0.717, 1.165) is 51.0 Å². The Balaban J connectivity index is 2.36. The Bertz CT molecular complexity index is 552. The molecule has 2 heterocycles. The molecule has 0 spiro atoms.